The average Bonchev–Trinajstić information content (AvgIpc) is 3.62. The van der Waals surface area contributed by atoms with Gasteiger partial charge in [0.15, 0.2) is 0 Å². The number of hydrogen-bond donors (Lipinski definition) is 1. The third-order valence-corrected chi connectivity index (χ3v) is 10.9. The number of hydrogen-bond acceptors (Lipinski definition) is 9. The minimum atomic E-state index is -0.421. The lowest BCUT2D eigenvalue weighted by molar-refractivity contribution is -0.149. The molecule has 1 atom stereocenters. The lowest BCUT2D eigenvalue weighted by Gasteiger charge is -2.35. The topological polar surface area (TPSA) is 121 Å². The first-order valence-corrected chi connectivity index (χ1v) is 18.7. The number of rotatable bonds is 8. The van der Waals surface area contributed by atoms with E-state index in [1.807, 2.05) is 64.1 Å². The number of piperidine rings is 1. The van der Waals surface area contributed by atoms with E-state index in [2.05, 4.69) is 21.3 Å². The second kappa shape index (κ2) is 15.9. The number of benzene rings is 2. The number of carbonyl (C=O) groups is 1. The predicted molar refractivity (Wildman–Crippen MR) is 210 cm³/mol. The number of ether oxygens (including phenoxy) is 2. The Morgan fingerprint density at radius 1 is 0.981 bits per heavy atom. The molecule has 11 nitrogen and oxygen atoms in total. The second-order valence-electron chi connectivity index (χ2n) is 13.2. The molecule has 53 heavy (non-hydrogen) atoms. The van der Waals surface area contributed by atoms with Crippen molar-refractivity contribution >= 4 is 40.0 Å². The van der Waals surface area contributed by atoms with Crippen molar-refractivity contribution in [3.63, 3.8) is 0 Å². The van der Waals surface area contributed by atoms with Crippen molar-refractivity contribution in [2.75, 3.05) is 32.1 Å². The Hall–Kier alpha value is -5.00. The van der Waals surface area contributed by atoms with Gasteiger partial charge in [0.1, 0.15) is 11.2 Å². The van der Waals surface area contributed by atoms with Gasteiger partial charge in [-0.3, -0.25) is 23.6 Å². The van der Waals surface area contributed by atoms with Gasteiger partial charge >= 0.3 is 11.7 Å². The second-order valence-corrected chi connectivity index (χ2v) is 13.6. The van der Waals surface area contributed by atoms with E-state index in [4.69, 9.17) is 26.1 Å². The molecule has 1 fully saturated rings. The summed E-state index contributed by atoms with van der Waals surface area (Å²) in [5, 5.41) is 4.25. The molecular weight excluding hydrogens is 692 g/mol. The van der Waals surface area contributed by atoms with E-state index >= 15 is 0 Å². The number of anilines is 2. The van der Waals surface area contributed by atoms with Crippen LogP contribution in [0.3, 0.4) is 0 Å². The Morgan fingerprint density at radius 2 is 1.68 bits per heavy atom. The number of pyridine rings is 2. The van der Waals surface area contributed by atoms with E-state index in [9.17, 15) is 14.4 Å². The normalized spacial score (nSPS) is 15.8. The molecule has 7 rings (SSSR count). The molecule has 4 heterocycles. The standard InChI is InChI=1S/C39H41ClN6O5.C2H6/c1-6-51-38(48)23-16-19-46(20-17-23)31-14-13-24-21-29(43-36(50-5)32(24)31)27-11-7-10-26(34(27)40)25-9-8-12-28(22(25)2)42-35-33-30(15-18-41-35)44(3)39(49)45(4)37(33)47;1-2/h7-12,15,18,21,23,31H,6,13-14,16-17,19-20H2,1-5H3,(H,41,42);1-2H3. The van der Waals surface area contributed by atoms with Crippen LogP contribution in [0.1, 0.15) is 62.8 Å². The number of carbonyl (C=O) groups excluding carboxylic acids is 1. The third-order valence-electron chi connectivity index (χ3n) is 10.4. The van der Waals surface area contributed by atoms with Gasteiger partial charge in [0.25, 0.3) is 5.56 Å². The summed E-state index contributed by atoms with van der Waals surface area (Å²) in [4.78, 5) is 50.0. The first kappa shape index (κ1) is 37.7. The summed E-state index contributed by atoms with van der Waals surface area (Å²) in [5.74, 6) is 0.833. The maximum absolute atomic E-state index is 13.2. The molecule has 1 unspecified atom stereocenters. The third kappa shape index (κ3) is 6.95. The molecule has 1 saturated heterocycles. The summed E-state index contributed by atoms with van der Waals surface area (Å²) in [7, 11) is 4.76. The minimum absolute atomic E-state index is 0.0421. The van der Waals surface area contributed by atoms with Gasteiger partial charge < -0.3 is 14.8 Å². The van der Waals surface area contributed by atoms with Crippen LogP contribution in [0.4, 0.5) is 11.5 Å². The van der Waals surface area contributed by atoms with E-state index in [0.717, 1.165) is 82.5 Å². The molecule has 1 aliphatic carbocycles. The zero-order chi connectivity index (χ0) is 38.0. The van der Waals surface area contributed by atoms with E-state index < -0.39 is 11.2 Å². The van der Waals surface area contributed by atoms with Crippen molar-refractivity contribution < 1.29 is 14.3 Å². The molecule has 0 amide bonds. The molecule has 3 aromatic heterocycles. The molecule has 2 aromatic carbocycles. The fourth-order valence-electron chi connectivity index (χ4n) is 7.70. The van der Waals surface area contributed by atoms with E-state index in [-0.39, 0.29) is 17.9 Å². The van der Waals surface area contributed by atoms with Crippen molar-refractivity contribution in [2.45, 2.75) is 59.4 Å². The zero-order valence-corrected chi connectivity index (χ0v) is 32.2. The van der Waals surface area contributed by atoms with Crippen LogP contribution in [0, 0.1) is 12.8 Å². The fraction of sp³-hybridized carbons (Fsp3) is 0.390. The number of nitrogens with one attached hydrogen (secondary N) is 1. The number of esters is 1. The Bertz CT molecular complexity index is 2290. The number of methoxy groups -OCH3 is 1. The van der Waals surface area contributed by atoms with Gasteiger partial charge in [-0.05, 0) is 87.5 Å². The van der Waals surface area contributed by atoms with E-state index in [1.165, 1.54) is 17.2 Å². The molecule has 0 saturated carbocycles. The lowest BCUT2D eigenvalue weighted by atomic mass is 9.94. The number of halogens is 1. The van der Waals surface area contributed by atoms with E-state index in [1.54, 1.807) is 26.4 Å². The number of aryl methyl sites for hydroxylation is 2. The van der Waals surface area contributed by atoms with Crippen LogP contribution in [0.2, 0.25) is 5.02 Å². The molecule has 2 aliphatic rings. The van der Waals surface area contributed by atoms with Gasteiger partial charge in [-0.15, -0.1) is 0 Å². The summed E-state index contributed by atoms with van der Waals surface area (Å²) in [5.41, 5.74) is 6.93. The van der Waals surface area contributed by atoms with Crippen LogP contribution in [0.25, 0.3) is 33.3 Å². The highest BCUT2D eigenvalue weighted by atomic mass is 35.5. The molecule has 0 radical (unpaired) electrons. The van der Waals surface area contributed by atoms with E-state index in [0.29, 0.717) is 34.2 Å². The zero-order valence-electron chi connectivity index (χ0n) is 31.5. The number of aromatic nitrogens is 4. The van der Waals surface area contributed by atoms with Gasteiger partial charge in [0.05, 0.1) is 35.9 Å². The molecular formula is C41H47ClN6O5. The first-order valence-electron chi connectivity index (χ1n) is 18.3. The predicted octanol–water partition coefficient (Wildman–Crippen LogP) is 7.36. The highest BCUT2D eigenvalue weighted by Gasteiger charge is 2.36. The summed E-state index contributed by atoms with van der Waals surface area (Å²) >= 11 is 7.23. The van der Waals surface area contributed by atoms with Gasteiger partial charge in [-0.2, -0.15) is 0 Å². The smallest absolute Gasteiger partial charge is 0.330 e. The average molecular weight is 739 g/mol. The van der Waals surface area contributed by atoms with Gasteiger partial charge in [-0.1, -0.05) is 55.8 Å². The monoisotopic (exact) mass is 738 g/mol. The maximum atomic E-state index is 13.2. The highest BCUT2D eigenvalue weighted by molar-refractivity contribution is 6.36. The first-order chi connectivity index (χ1) is 25.6. The van der Waals surface area contributed by atoms with Crippen molar-refractivity contribution in [1.29, 1.82) is 0 Å². The Labute approximate surface area is 314 Å². The Kier molecular flexibility index (Phi) is 11.3. The highest BCUT2D eigenvalue weighted by Crippen LogP contribution is 2.45. The molecule has 5 aromatic rings. The fourth-order valence-corrected chi connectivity index (χ4v) is 8.02. The SMILES string of the molecule is CC.CCOC(=O)C1CCN(C2CCc3cc(-c4cccc(-c5cccc(Nc6nccc7c6c(=O)n(C)c(=O)n7C)c5C)c4Cl)nc(OC)c32)CC1. The van der Waals surface area contributed by atoms with Crippen LogP contribution < -0.4 is 21.3 Å². The van der Waals surface area contributed by atoms with Crippen molar-refractivity contribution in [3.05, 3.63) is 97.3 Å². The molecule has 0 spiro atoms. The summed E-state index contributed by atoms with van der Waals surface area (Å²) in [6.07, 6.45) is 5.01. The van der Waals surface area contributed by atoms with Gasteiger partial charge in [-0.25, -0.2) is 14.8 Å². The molecule has 12 heteroatoms. The molecule has 1 N–H and O–H groups in total. The summed E-state index contributed by atoms with van der Waals surface area (Å²) < 4.78 is 13.7. The largest absolute Gasteiger partial charge is 0.481 e. The number of nitrogens with zero attached hydrogens (tertiary/aromatic N) is 5. The quantitative estimate of drug-likeness (QED) is 0.163. The molecule has 1 aliphatic heterocycles. The number of likely N-dealkylation sites (tertiary alicyclic amines) is 1. The van der Waals surface area contributed by atoms with Crippen LogP contribution in [0.15, 0.2) is 64.3 Å². The maximum Gasteiger partial charge on any atom is 0.330 e. The van der Waals surface area contributed by atoms with Crippen molar-refractivity contribution in [3.8, 4) is 28.3 Å². The van der Waals surface area contributed by atoms with Gasteiger partial charge in [0.2, 0.25) is 5.88 Å². The lowest BCUT2D eigenvalue weighted by Crippen LogP contribution is -2.38. The minimum Gasteiger partial charge on any atom is -0.481 e. The van der Waals surface area contributed by atoms with Crippen LogP contribution in [0.5, 0.6) is 5.88 Å². The van der Waals surface area contributed by atoms with Crippen LogP contribution in [-0.4, -0.2) is 56.8 Å². The summed E-state index contributed by atoms with van der Waals surface area (Å²) in [6.45, 7) is 9.90. The summed E-state index contributed by atoms with van der Waals surface area (Å²) in [6, 6.07) is 15.8. The van der Waals surface area contributed by atoms with Crippen LogP contribution >= 0.6 is 11.6 Å². The van der Waals surface area contributed by atoms with Crippen molar-refractivity contribution in [2.24, 2.45) is 20.0 Å². The van der Waals surface area contributed by atoms with Crippen molar-refractivity contribution in [1.82, 2.24) is 24.0 Å². The molecule has 278 valence electrons. The van der Waals surface area contributed by atoms with Crippen LogP contribution in [-0.2, 0) is 30.0 Å². The number of fused-ring (bicyclic) bond motifs is 2. The Balaban J connectivity index is 0.00000236. The molecule has 0 bridgehead atoms. The Morgan fingerprint density at radius 3 is 2.40 bits per heavy atom. The van der Waals surface area contributed by atoms with Gasteiger partial charge in [0, 0.05) is 48.7 Å².